The Morgan fingerprint density at radius 3 is 2.64 bits per heavy atom. The minimum Gasteiger partial charge on any atom is -0.478 e. The molecule has 4 nitrogen and oxygen atoms in total. The molecule has 22 heavy (non-hydrogen) atoms. The number of aliphatic carboxylic acids is 1. The van der Waals surface area contributed by atoms with Crippen molar-refractivity contribution in [2.24, 2.45) is 22.2 Å². The number of carboxylic acids is 1. The lowest BCUT2D eigenvalue weighted by molar-refractivity contribution is -0.132. The van der Waals surface area contributed by atoms with E-state index in [1.807, 2.05) is 6.08 Å². The number of dihydropyridines is 1. The predicted molar refractivity (Wildman–Crippen MR) is 88.0 cm³/mol. The molecule has 2 atom stereocenters. The number of carbonyl (C=O) groups is 1. The quantitative estimate of drug-likeness (QED) is 0.808. The molecule has 2 heterocycles. The maximum absolute atomic E-state index is 11.7. The standard InChI is InChI=1S/C18H28N2O2/c1-12-6-9-20(10-7-12)16-14(17(21)22)11-13-5-4-8-18(2,3)15(13)19-16/h11-13,15H,4-10H2,1-3H3,(H,21,22). The first-order chi connectivity index (χ1) is 10.4. The van der Waals surface area contributed by atoms with Gasteiger partial charge in [0.05, 0.1) is 11.6 Å². The number of amidine groups is 1. The first-order valence-electron chi connectivity index (χ1n) is 8.67. The van der Waals surface area contributed by atoms with Crippen LogP contribution in [0.1, 0.15) is 52.9 Å². The number of rotatable bonds is 1. The van der Waals surface area contributed by atoms with Gasteiger partial charge >= 0.3 is 5.97 Å². The van der Waals surface area contributed by atoms with Gasteiger partial charge in [0.2, 0.25) is 0 Å². The van der Waals surface area contributed by atoms with E-state index < -0.39 is 5.97 Å². The number of fused-ring (bicyclic) bond motifs is 1. The summed E-state index contributed by atoms with van der Waals surface area (Å²) in [5.41, 5.74) is 0.603. The van der Waals surface area contributed by atoms with E-state index in [2.05, 4.69) is 25.7 Å². The minimum absolute atomic E-state index is 0.164. The van der Waals surface area contributed by atoms with Crippen molar-refractivity contribution in [2.75, 3.05) is 13.1 Å². The van der Waals surface area contributed by atoms with Gasteiger partial charge < -0.3 is 10.0 Å². The van der Waals surface area contributed by atoms with E-state index in [0.717, 1.165) is 44.1 Å². The van der Waals surface area contributed by atoms with Crippen LogP contribution in [0.3, 0.4) is 0 Å². The van der Waals surface area contributed by atoms with Crippen LogP contribution in [0.15, 0.2) is 16.6 Å². The van der Waals surface area contributed by atoms with Crippen molar-refractivity contribution in [3.8, 4) is 0 Å². The van der Waals surface area contributed by atoms with Crippen molar-refractivity contribution >= 4 is 11.8 Å². The van der Waals surface area contributed by atoms with Gasteiger partial charge in [-0.25, -0.2) is 4.79 Å². The smallest absolute Gasteiger partial charge is 0.339 e. The Kier molecular flexibility index (Phi) is 4.04. The Morgan fingerprint density at radius 2 is 2.00 bits per heavy atom. The Balaban J connectivity index is 1.92. The van der Waals surface area contributed by atoms with Gasteiger partial charge in [-0.3, -0.25) is 4.99 Å². The van der Waals surface area contributed by atoms with E-state index >= 15 is 0 Å². The number of likely N-dealkylation sites (tertiary alicyclic amines) is 1. The lowest BCUT2D eigenvalue weighted by atomic mass is 9.67. The molecule has 0 spiro atoms. The van der Waals surface area contributed by atoms with E-state index in [9.17, 15) is 9.90 Å². The molecule has 1 saturated carbocycles. The third-order valence-electron chi connectivity index (χ3n) is 5.76. The fourth-order valence-electron chi connectivity index (χ4n) is 4.25. The fourth-order valence-corrected chi connectivity index (χ4v) is 4.25. The van der Waals surface area contributed by atoms with Gasteiger partial charge in [-0.1, -0.05) is 33.3 Å². The van der Waals surface area contributed by atoms with Crippen LogP contribution in [0.5, 0.6) is 0 Å². The third kappa shape index (κ3) is 2.80. The van der Waals surface area contributed by atoms with E-state index in [1.54, 1.807) is 0 Å². The lowest BCUT2D eigenvalue weighted by Crippen LogP contribution is -2.47. The normalized spacial score (nSPS) is 32.0. The molecule has 122 valence electrons. The summed E-state index contributed by atoms with van der Waals surface area (Å²) in [6.07, 6.45) is 7.68. The molecule has 2 fully saturated rings. The van der Waals surface area contributed by atoms with Crippen LogP contribution in [-0.4, -0.2) is 40.9 Å². The van der Waals surface area contributed by atoms with Crippen LogP contribution in [0.25, 0.3) is 0 Å². The van der Waals surface area contributed by atoms with E-state index in [0.29, 0.717) is 11.5 Å². The summed E-state index contributed by atoms with van der Waals surface area (Å²) in [5.74, 6) is 0.953. The summed E-state index contributed by atoms with van der Waals surface area (Å²) in [7, 11) is 0. The molecule has 1 N–H and O–H groups in total. The highest BCUT2D eigenvalue weighted by molar-refractivity contribution is 6.18. The van der Waals surface area contributed by atoms with Gasteiger partial charge in [0.15, 0.2) is 0 Å². The highest BCUT2D eigenvalue weighted by Crippen LogP contribution is 2.44. The van der Waals surface area contributed by atoms with Gasteiger partial charge in [-0.05, 0) is 37.0 Å². The second kappa shape index (κ2) is 5.71. The molecular formula is C18H28N2O2. The van der Waals surface area contributed by atoms with Crippen molar-refractivity contribution in [3.63, 3.8) is 0 Å². The molecule has 0 aromatic heterocycles. The third-order valence-corrected chi connectivity index (χ3v) is 5.76. The Morgan fingerprint density at radius 1 is 1.32 bits per heavy atom. The van der Waals surface area contributed by atoms with Crippen LogP contribution in [0.4, 0.5) is 0 Å². The summed E-state index contributed by atoms with van der Waals surface area (Å²) < 4.78 is 0. The summed E-state index contributed by atoms with van der Waals surface area (Å²) in [5, 5.41) is 9.64. The Hall–Kier alpha value is -1.32. The van der Waals surface area contributed by atoms with Crippen molar-refractivity contribution in [2.45, 2.75) is 58.9 Å². The summed E-state index contributed by atoms with van der Waals surface area (Å²) in [4.78, 5) is 18.9. The van der Waals surface area contributed by atoms with Gasteiger partial charge in [-0.2, -0.15) is 0 Å². The maximum Gasteiger partial charge on any atom is 0.339 e. The van der Waals surface area contributed by atoms with E-state index in [1.165, 1.54) is 12.8 Å². The summed E-state index contributed by atoms with van der Waals surface area (Å²) >= 11 is 0. The Bertz CT molecular complexity index is 513. The zero-order valence-corrected chi connectivity index (χ0v) is 14.0. The second-order valence-corrected chi connectivity index (χ2v) is 8.00. The zero-order valence-electron chi connectivity index (χ0n) is 14.0. The molecule has 2 unspecified atom stereocenters. The molecule has 3 aliphatic rings. The van der Waals surface area contributed by atoms with Crippen molar-refractivity contribution < 1.29 is 9.90 Å². The SMILES string of the molecule is CC1CCN(C2=NC3C(C=C2C(=O)O)CCCC3(C)C)CC1. The largest absolute Gasteiger partial charge is 0.478 e. The van der Waals surface area contributed by atoms with Crippen LogP contribution in [0, 0.1) is 17.3 Å². The van der Waals surface area contributed by atoms with Gasteiger partial charge in [0.1, 0.15) is 5.84 Å². The number of nitrogens with zero attached hydrogens (tertiary/aromatic N) is 2. The fraction of sp³-hybridized carbons (Fsp3) is 0.778. The second-order valence-electron chi connectivity index (χ2n) is 8.00. The van der Waals surface area contributed by atoms with E-state index in [4.69, 9.17) is 4.99 Å². The maximum atomic E-state index is 11.7. The van der Waals surface area contributed by atoms with Gasteiger partial charge in [0, 0.05) is 19.0 Å². The molecule has 0 radical (unpaired) electrons. The number of hydrogen-bond donors (Lipinski definition) is 1. The zero-order chi connectivity index (χ0) is 15.9. The van der Waals surface area contributed by atoms with Crippen LogP contribution >= 0.6 is 0 Å². The first-order valence-corrected chi connectivity index (χ1v) is 8.67. The molecule has 0 aromatic carbocycles. The molecule has 0 bridgehead atoms. The average molecular weight is 304 g/mol. The highest BCUT2D eigenvalue weighted by Gasteiger charge is 2.42. The summed E-state index contributed by atoms with van der Waals surface area (Å²) in [6, 6.07) is 0.235. The molecule has 0 aromatic rings. The van der Waals surface area contributed by atoms with E-state index in [-0.39, 0.29) is 11.5 Å². The molecule has 3 rings (SSSR count). The number of hydrogen-bond acceptors (Lipinski definition) is 3. The van der Waals surface area contributed by atoms with Crippen molar-refractivity contribution in [3.05, 3.63) is 11.6 Å². The number of piperidine rings is 1. The van der Waals surface area contributed by atoms with Crippen LogP contribution in [-0.2, 0) is 4.79 Å². The Labute approximate surface area is 133 Å². The molecular weight excluding hydrogens is 276 g/mol. The summed E-state index contributed by atoms with van der Waals surface area (Å²) in [6.45, 7) is 8.70. The van der Waals surface area contributed by atoms with Gasteiger partial charge in [-0.15, -0.1) is 0 Å². The van der Waals surface area contributed by atoms with Gasteiger partial charge in [0.25, 0.3) is 0 Å². The minimum atomic E-state index is -0.820. The topological polar surface area (TPSA) is 52.9 Å². The monoisotopic (exact) mass is 304 g/mol. The molecule has 4 heteroatoms. The molecule has 0 amide bonds. The van der Waals surface area contributed by atoms with Crippen molar-refractivity contribution in [1.82, 2.24) is 4.90 Å². The number of aliphatic imine (C=N–C) groups is 1. The average Bonchev–Trinajstić information content (AvgIpc) is 2.47. The first kappa shape index (κ1) is 15.6. The molecule has 2 aliphatic heterocycles. The van der Waals surface area contributed by atoms with Crippen molar-refractivity contribution in [1.29, 1.82) is 0 Å². The molecule has 1 saturated heterocycles. The highest BCUT2D eigenvalue weighted by atomic mass is 16.4. The van der Waals surface area contributed by atoms with Crippen LogP contribution < -0.4 is 0 Å². The predicted octanol–water partition coefficient (Wildman–Crippen LogP) is 3.34. The lowest BCUT2D eigenvalue weighted by Gasteiger charge is -2.44. The number of carboxylic acid groups (broad SMARTS) is 1. The molecule has 1 aliphatic carbocycles. The van der Waals surface area contributed by atoms with Crippen LogP contribution in [0.2, 0.25) is 0 Å².